The highest BCUT2D eigenvalue weighted by Crippen LogP contribution is 2.22. The first-order chi connectivity index (χ1) is 11.5. The summed E-state index contributed by atoms with van der Waals surface area (Å²) in [6, 6.07) is 4.52. The number of benzene rings is 1. The van der Waals surface area contributed by atoms with Crippen molar-refractivity contribution in [2.45, 2.75) is 13.5 Å². The van der Waals surface area contributed by atoms with Crippen LogP contribution < -0.4 is 4.90 Å². The van der Waals surface area contributed by atoms with Crippen molar-refractivity contribution < 1.29 is 14.0 Å². The summed E-state index contributed by atoms with van der Waals surface area (Å²) in [7, 11) is 0. The lowest BCUT2D eigenvalue weighted by Gasteiger charge is -2.36. The number of nitrogens with zero attached hydrogens (tertiary/aromatic N) is 5. The second kappa shape index (κ2) is 6.77. The molecular weight excluding hydrogens is 313 g/mol. The SMILES string of the molecule is CC(=O)c1ccc(N2CCN(C(=O)Cn3cncn3)CC2)c(F)c1. The van der Waals surface area contributed by atoms with Crippen molar-refractivity contribution in [1.82, 2.24) is 19.7 Å². The van der Waals surface area contributed by atoms with Gasteiger partial charge in [0.15, 0.2) is 5.78 Å². The number of hydrogen-bond donors (Lipinski definition) is 0. The summed E-state index contributed by atoms with van der Waals surface area (Å²) in [5, 5.41) is 3.92. The van der Waals surface area contributed by atoms with Gasteiger partial charge in [0.1, 0.15) is 25.0 Å². The van der Waals surface area contributed by atoms with Gasteiger partial charge in [-0.05, 0) is 25.1 Å². The molecule has 7 nitrogen and oxygen atoms in total. The van der Waals surface area contributed by atoms with Gasteiger partial charge in [0.05, 0.1) is 5.69 Å². The average Bonchev–Trinajstić information content (AvgIpc) is 3.08. The summed E-state index contributed by atoms with van der Waals surface area (Å²) in [6.45, 7) is 3.68. The van der Waals surface area contributed by atoms with E-state index < -0.39 is 5.82 Å². The van der Waals surface area contributed by atoms with E-state index in [0.717, 1.165) is 0 Å². The fourth-order valence-electron chi connectivity index (χ4n) is 2.73. The highest BCUT2D eigenvalue weighted by molar-refractivity contribution is 5.94. The van der Waals surface area contributed by atoms with E-state index in [2.05, 4.69) is 10.1 Å². The molecule has 24 heavy (non-hydrogen) atoms. The van der Waals surface area contributed by atoms with Gasteiger partial charge in [-0.15, -0.1) is 0 Å². The summed E-state index contributed by atoms with van der Waals surface area (Å²) in [4.78, 5) is 30.9. The summed E-state index contributed by atoms with van der Waals surface area (Å²) in [5.41, 5.74) is 0.821. The lowest BCUT2D eigenvalue weighted by Crippen LogP contribution is -2.49. The zero-order valence-corrected chi connectivity index (χ0v) is 13.4. The molecule has 1 amide bonds. The van der Waals surface area contributed by atoms with Crippen LogP contribution in [0.3, 0.4) is 0 Å². The molecule has 1 aromatic heterocycles. The third kappa shape index (κ3) is 3.42. The van der Waals surface area contributed by atoms with Gasteiger partial charge < -0.3 is 9.80 Å². The van der Waals surface area contributed by atoms with E-state index in [4.69, 9.17) is 0 Å². The normalized spacial score (nSPS) is 14.8. The van der Waals surface area contributed by atoms with Crippen molar-refractivity contribution in [2.24, 2.45) is 0 Å². The van der Waals surface area contributed by atoms with Gasteiger partial charge in [-0.1, -0.05) is 0 Å². The molecule has 0 bridgehead atoms. The molecule has 2 heterocycles. The molecule has 1 fully saturated rings. The van der Waals surface area contributed by atoms with E-state index in [1.807, 2.05) is 4.90 Å². The van der Waals surface area contributed by atoms with E-state index >= 15 is 0 Å². The number of ketones is 1. The quantitative estimate of drug-likeness (QED) is 0.781. The van der Waals surface area contributed by atoms with Crippen LogP contribution in [0, 0.1) is 5.82 Å². The molecule has 8 heteroatoms. The van der Waals surface area contributed by atoms with E-state index in [9.17, 15) is 14.0 Å². The first-order valence-electron chi connectivity index (χ1n) is 7.70. The topological polar surface area (TPSA) is 71.3 Å². The number of anilines is 1. The van der Waals surface area contributed by atoms with Crippen molar-refractivity contribution in [3.05, 3.63) is 42.2 Å². The Morgan fingerprint density at radius 2 is 1.96 bits per heavy atom. The van der Waals surface area contributed by atoms with Crippen LogP contribution in [0.1, 0.15) is 17.3 Å². The predicted octanol–water partition coefficient (Wildman–Crippen LogP) is 0.969. The Balaban J connectivity index is 1.60. The fraction of sp³-hybridized carbons (Fsp3) is 0.375. The molecule has 1 aliphatic heterocycles. The number of Topliss-reactive ketones (excluding diaryl/α,β-unsaturated/α-hetero) is 1. The molecule has 1 aliphatic rings. The molecule has 0 N–H and O–H groups in total. The molecule has 2 aromatic rings. The van der Waals surface area contributed by atoms with Crippen molar-refractivity contribution in [2.75, 3.05) is 31.1 Å². The predicted molar refractivity (Wildman–Crippen MR) is 85.2 cm³/mol. The van der Waals surface area contributed by atoms with Gasteiger partial charge in [0.2, 0.25) is 5.91 Å². The van der Waals surface area contributed by atoms with Crippen LogP contribution in [-0.4, -0.2) is 57.5 Å². The monoisotopic (exact) mass is 331 g/mol. The Kier molecular flexibility index (Phi) is 4.54. The number of hydrogen-bond acceptors (Lipinski definition) is 5. The zero-order chi connectivity index (χ0) is 17.1. The molecule has 0 spiro atoms. The maximum atomic E-state index is 14.2. The Morgan fingerprint density at radius 3 is 2.54 bits per heavy atom. The van der Waals surface area contributed by atoms with Crippen molar-refractivity contribution >= 4 is 17.4 Å². The van der Waals surface area contributed by atoms with Crippen molar-refractivity contribution in [3.63, 3.8) is 0 Å². The number of carbonyl (C=O) groups excluding carboxylic acids is 2. The van der Waals surface area contributed by atoms with Crippen LogP contribution in [0.5, 0.6) is 0 Å². The second-order valence-electron chi connectivity index (χ2n) is 5.68. The molecule has 0 atom stereocenters. The van der Waals surface area contributed by atoms with Crippen molar-refractivity contribution in [1.29, 1.82) is 0 Å². The minimum absolute atomic E-state index is 0.0347. The minimum Gasteiger partial charge on any atom is -0.366 e. The fourth-order valence-corrected chi connectivity index (χ4v) is 2.73. The summed E-state index contributed by atoms with van der Waals surface area (Å²) in [6.07, 6.45) is 2.89. The first kappa shape index (κ1) is 16.1. The Hall–Kier alpha value is -2.77. The van der Waals surface area contributed by atoms with Gasteiger partial charge in [0, 0.05) is 31.7 Å². The molecular formula is C16H18FN5O2. The smallest absolute Gasteiger partial charge is 0.244 e. The summed E-state index contributed by atoms with van der Waals surface area (Å²) in [5.74, 6) is -0.610. The summed E-state index contributed by atoms with van der Waals surface area (Å²) >= 11 is 0. The van der Waals surface area contributed by atoms with E-state index in [1.54, 1.807) is 17.0 Å². The highest BCUT2D eigenvalue weighted by atomic mass is 19.1. The van der Waals surface area contributed by atoms with E-state index in [0.29, 0.717) is 37.4 Å². The lowest BCUT2D eigenvalue weighted by molar-refractivity contribution is -0.132. The molecule has 0 radical (unpaired) electrons. The second-order valence-corrected chi connectivity index (χ2v) is 5.68. The minimum atomic E-state index is -0.412. The van der Waals surface area contributed by atoms with Gasteiger partial charge >= 0.3 is 0 Å². The van der Waals surface area contributed by atoms with Gasteiger partial charge in [-0.2, -0.15) is 5.10 Å². The summed E-state index contributed by atoms with van der Waals surface area (Å²) < 4.78 is 15.7. The molecule has 126 valence electrons. The Morgan fingerprint density at radius 1 is 1.21 bits per heavy atom. The molecule has 1 saturated heterocycles. The van der Waals surface area contributed by atoms with Gasteiger partial charge in [-0.25, -0.2) is 14.1 Å². The highest BCUT2D eigenvalue weighted by Gasteiger charge is 2.23. The standard InChI is InChI=1S/C16H18FN5O2/c1-12(23)13-2-3-15(14(17)8-13)20-4-6-21(7-5-20)16(24)9-22-11-18-10-19-22/h2-3,8,10-11H,4-7,9H2,1H3. The van der Waals surface area contributed by atoms with Crippen LogP contribution in [0.4, 0.5) is 10.1 Å². The number of amides is 1. The van der Waals surface area contributed by atoms with Crippen LogP contribution in [0.25, 0.3) is 0 Å². The van der Waals surface area contributed by atoms with Crippen LogP contribution in [0.15, 0.2) is 30.9 Å². The third-order valence-corrected chi connectivity index (χ3v) is 4.09. The number of rotatable bonds is 4. The van der Waals surface area contributed by atoms with Crippen LogP contribution >= 0.6 is 0 Å². The van der Waals surface area contributed by atoms with Crippen LogP contribution in [-0.2, 0) is 11.3 Å². The van der Waals surface area contributed by atoms with Gasteiger partial charge in [0.25, 0.3) is 0 Å². The Bertz CT molecular complexity index is 739. The molecule has 0 unspecified atom stereocenters. The van der Waals surface area contributed by atoms with Crippen LogP contribution in [0.2, 0.25) is 0 Å². The number of piperazine rings is 1. The lowest BCUT2D eigenvalue weighted by atomic mass is 10.1. The largest absolute Gasteiger partial charge is 0.366 e. The average molecular weight is 331 g/mol. The Labute approximate surface area is 138 Å². The molecule has 0 saturated carbocycles. The van der Waals surface area contributed by atoms with E-state index in [-0.39, 0.29) is 18.2 Å². The molecule has 3 rings (SSSR count). The van der Waals surface area contributed by atoms with E-state index in [1.165, 1.54) is 30.3 Å². The molecule has 0 aliphatic carbocycles. The van der Waals surface area contributed by atoms with Gasteiger partial charge in [-0.3, -0.25) is 9.59 Å². The number of aromatic nitrogens is 3. The molecule has 1 aromatic carbocycles. The van der Waals surface area contributed by atoms with Crippen molar-refractivity contribution in [3.8, 4) is 0 Å². The number of carbonyl (C=O) groups is 2. The maximum Gasteiger partial charge on any atom is 0.244 e. The third-order valence-electron chi connectivity index (χ3n) is 4.09. The zero-order valence-electron chi connectivity index (χ0n) is 13.4. The number of halogens is 1. The maximum absolute atomic E-state index is 14.2. The first-order valence-corrected chi connectivity index (χ1v) is 7.70.